The fraction of sp³-hybridized carbons (Fsp3) is 0.462. The molecule has 1 saturated carbocycles. The molecule has 0 saturated heterocycles. The van der Waals surface area contributed by atoms with Crippen molar-refractivity contribution in [3.05, 3.63) is 28.8 Å². The van der Waals surface area contributed by atoms with E-state index >= 15 is 0 Å². The molecule has 1 aliphatic rings. The van der Waals surface area contributed by atoms with E-state index in [1.165, 1.54) is 12.8 Å². The van der Waals surface area contributed by atoms with Crippen molar-refractivity contribution in [3.8, 4) is 6.07 Å². The van der Waals surface area contributed by atoms with Gasteiger partial charge in [0.05, 0.1) is 22.9 Å². The smallest absolute Gasteiger partial charge is 0.103 e. The minimum Gasteiger partial charge on any atom is -0.383 e. The molecular formula is C13H15ClN2O. The van der Waals surface area contributed by atoms with Gasteiger partial charge >= 0.3 is 0 Å². The SMILES string of the molecule is COCCN(c1cccc(Cl)c1C#N)C1CC1. The van der Waals surface area contributed by atoms with Gasteiger partial charge in [0, 0.05) is 19.7 Å². The van der Waals surface area contributed by atoms with Crippen molar-refractivity contribution in [1.82, 2.24) is 0 Å². The summed E-state index contributed by atoms with van der Waals surface area (Å²) < 4.78 is 5.12. The number of hydrogen-bond donors (Lipinski definition) is 0. The molecule has 1 fully saturated rings. The summed E-state index contributed by atoms with van der Waals surface area (Å²) in [6, 6.07) is 8.33. The molecule has 0 bridgehead atoms. The summed E-state index contributed by atoms with van der Waals surface area (Å²) in [5.74, 6) is 0. The maximum absolute atomic E-state index is 9.18. The van der Waals surface area contributed by atoms with Crippen LogP contribution in [0.15, 0.2) is 18.2 Å². The predicted octanol–water partition coefficient (Wildman–Crippen LogP) is 2.83. The predicted molar refractivity (Wildman–Crippen MR) is 68.4 cm³/mol. The Balaban J connectivity index is 2.29. The van der Waals surface area contributed by atoms with E-state index in [0.29, 0.717) is 23.2 Å². The minimum absolute atomic E-state index is 0.521. The number of nitriles is 1. The first-order valence-corrected chi connectivity index (χ1v) is 6.10. The number of ether oxygens (including phenoxy) is 1. The Kier molecular flexibility index (Phi) is 3.88. The largest absolute Gasteiger partial charge is 0.383 e. The average Bonchev–Trinajstić information content (AvgIpc) is 3.14. The summed E-state index contributed by atoms with van der Waals surface area (Å²) in [6.07, 6.45) is 2.36. The lowest BCUT2D eigenvalue weighted by molar-refractivity contribution is 0.205. The molecule has 17 heavy (non-hydrogen) atoms. The van der Waals surface area contributed by atoms with Crippen LogP contribution in [0.25, 0.3) is 0 Å². The highest BCUT2D eigenvalue weighted by molar-refractivity contribution is 6.32. The first-order chi connectivity index (χ1) is 8.27. The zero-order valence-electron chi connectivity index (χ0n) is 9.82. The zero-order valence-corrected chi connectivity index (χ0v) is 10.6. The number of rotatable bonds is 5. The molecule has 0 unspecified atom stereocenters. The van der Waals surface area contributed by atoms with Crippen LogP contribution in [0.5, 0.6) is 0 Å². The molecule has 1 aromatic carbocycles. The second-order valence-corrected chi connectivity index (χ2v) is 4.57. The Morgan fingerprint density at radius 2 is 2.29 bits per heavy atom. The number of methoxy groups -OCH3 is 1. The summed E-state index contributed by atoms with van der Waals surface area (Å²) in [4.78, 5) is 2.23. The van der Waals surface area contributed by atoms with E-state index in [2.05, 4.69) is 11.0 Å². The van der Waals surface area contributed by atoms with Crippen LogP contribution >= 0.6 is 11.6 Å². The second kappa shape index (κ2) is 5.39. The van der Waals surface area contributed by atoms with Crippen molar-refractivity contribution in [3.63, 3.8) is 0 Å². The van der Waals surface area contributed by atoms with Crippen LogP contribution in [-0.4, -0.2) is 26.3 Å². The Morgan fingerprint density at radius 3 is 2.88 bits per heavy atom. The van der Waals surface area contributed by atoms with Crippen molar-refractivity contribution in [2.45, 2.75) is 18.9 Å². The van der Waals surface area contributed by atoms with Crippen LogP contribution in [0, 0.1) is 11.3 Å². The molecule has 0 spiro atoms. The van der Waals surface area contributed by atoms with Gasteiger partial charge in [-0.1, -0.05) is 17.7 Å². The zero-order chi connectivity index (χ0) is 12.3. The molecule has 1 aromatic rings. The topological polar surface area (TPSA) is 36.3 Å². The molecule has 90 valence electrons. The molecule has 0 radical (unpaired) electrons. The third kappa shape index (κ3) is 2.71. The molecule has 3 nitrogen and oxygen atoms in total. The Labute approximate surface area is 107 Å². The fourth-order valence-electron chi connectivity index (χ4n) is 1.94. The van der Waals surface area contributed by atoms with Crippen LogP contribution < -0.4 is 4.90 Å². The van der Waals surface area contributed by atoms with Gasteiger partial charge in [-0.25, -0.2) is 0 Å². The molecule has 1 aliphatic carbocycles. The van der Waals surface area contributed by atoms with Gasteiger partial charge in [0.2, 0.25) is 0 Å². The minimum atomic E-state index is 0.521. The van der Waals surface area contributed by atoms with E-state index < -0.39 is 0 Å². The van der Waals surface area contributed by atoms with Crippen molar-refractivity contribution in [2.24, 2.45) is 0 Å². The first kappa shape index (κ1) is 12.2. The van der Waals surface area contributed by atoms with Crippen LogP contribution in [0.2, 0.25) is 5.02 Å². The van der Waals surface area contributed by atoms with Gasteiger partial charge in [-0.05, 0) is 25.0 Å². The van der Waals surface area contributed by atoms with Gasteiger partial charge in [-0.15, -0.1) is 0 Å². The summed E-state index contributed by atoms with van der Waals surface area (Å²) >= 11 is 6.05. The molecule has 0 aromatic heterocycles. The number of benzene rings is 1. The maximum Gasteiger partial charge on any atom is 0.103 e. The van der Waals surface area contributed by atoms with E-state index in [9.17, 15) is 5.26 Å². The number of halogens is 1. The van der Waals surface area contributed by atoms with Crippen molar-refractivity contribution < 1.29 is 4.74 Å². The highest BCUT2D eigenvalue weighted by Crippen LogP contribution is 2.35. The summed E-state index contributed by atoms with van der Waals surface area (Å²) in [5.41, 5.74) is 1.50. The molecule has 0 amide bonds. The van der Waals surface area contributed by atoms with Gasteiger partial charge in [0.1, 0.15) is 6.07 Å². The normalized spacial score (nSPS) is 14.4. The molecular weight excluding hydrogens is 236 g/mol. The van der Waals surface area contributed by atoms with Crippen LogP contribution in [-0.2, 0) is 4.74 Å². The standard InChI is InChI=1S/C13H15ClN2O/c1-17-8-7-16(10-5-6-10)13-4-2-3-12(14)11(13)9-15/h2-4,10H,5-8H2,1H3. The molecule has 4 heteroatoms. The number of hydrogen-bond acceptors (Lipinski definition) is 3. The molecule has 0 atom stereocenters. The lowest BCUT2D eigenvalue weighted by Gasteiger charge is -2.25. The molecule has 0 N–H and O–H groups in total. The van der Waals surface area contributed by atoms with E-state index in [1.807, 2.05) is 12.1 Å². The first-order valence-electron chi connectivity index (χ1n) is 5.72. The number of anilines is 1. The quantitative estimate of drug-likeness (QED) is 0.806. The van der Waals surface area contributed by atoms with Crippen molar-refractivity contribution >= 4 is 17.3 Å². The highest BCUT2D eigenvalue weighted by atomic mass is 35.5. The van der Waals surface area contributed by atoms with E-state index in [0.717, 1.165) is 12.2 Å². The van der Waals surface area contributed by atoms with Crippen LogP contribution in [0.3, 0.4) is 0 Å². The Bertz CT molecular complexity index is 438. The van der Waals surface area contributed by atoms with E-state index in [-0.39, 0.29) is 0 Å². The van der Waals surface area contributed by atoms with Crippen LogP contribution in [0.4, 0.5) is 5.69 Å². The van der Waals surface area contributed by atoms with Gasteiger partial charge in [0.15, 0.2) is 0 Å². The average molecular weight is 251 g/mol. The lowest BCUT2D eigenvalue weighted by Crippen LogP contribution is -2.30. The van der Waals surface area contributed by atoms with Gasteiger partial charge in [-0.3, -0.25) is 0 Å². The lowest BCUT2D eigenvalue weighted by atomic mass is 10.1. The van der Waals surface area contributed by atoms with Crippen molar-refractivity contribution in [1.29, 1.82) is 5.26 Å². The van der Waals surface area contributed by atoms with Gasteiger partial charge < -0.3 is 9.64 Å². The van der Waals surface area contributed by atoms with E-state index in [1.54, 1.807) is 13.2 Å². The third-order valence-corrected chi connectivity index (χ3v) is 3.25. The van der Waals surface area contributed by atoms with E-state index in [4.69, 9.17) is 16.3 Å². The molecule has 0 aliphatic heterocycles. The molecule has 0 heterocycles. The monoisotopic (exact) mass is 250 g/mol. The summed E-state index contributed by atoms with van der Waals surface area (Å²) in [5, 5.41) is 9.70. The highest BCUT2D eigenvalue weighted by Gasteiger charge is 2.30. The fourth-order valence-corrected chi connectivity index (χ4v) is 2.15. The number of nitrogens with zero attached hydrogens (tertiary/aromatic N) is 2. The summed E-state index contributed by atoms with van der Waals surface area (Å²) in [7, 11) is 1.69. The third-order valence-electron chi connectivity index (χ3n) is 2.94. The second-order valence-electron chi connectivity index (χ2n) is 4.16. The molecule has 2 rings (SSSR count). The van der Waals surface area contributed by atoms with Gasteiger partial charge in [-0.2, -0.15) is 5.26 Å². The summed E-state index contributed by atoms with van der Waals surface area (Å²) in [6.45, 7) is 1.46. The Hall–Kier alpha value is -1.24. The van der Waals surface area contributed by atoms with Crippen LogP contribution in [0.1, 0.15) is 18.4 Å². The Morgan fingerprint density at radius 1 is 1.53 bits per heavy atom. The van der Waals surface area contributed by atoms with Gasteiger partial charge in [0.25, 0.3) is 0 Å². The van der Waals surface area contributed by atoms with Crippen molar-refractivity contribution in [2.75, 3.05) is 25.2 Å². The maximum atomic E-state index is 9.18.